The summed E-state index contributed by atoms with van der Waals surface area (Å²) in [4.78, 5) is 2.50. The van der Waals surface area contributed by atoms with Gasteiger partial charge >= 0.3 is 0 Å². The number of anilines is 3. The molecule has 3 aliphatic rings. The van der Waals surface area contributed by atoms with Crippen LogP contribution in [-0.2, 0) is 21.7 Å². The monoisotopic (exact) mass is 747 g/mol. The predicted molar refractivity (Wildman–Crippen MR) is 244 cm³/mol. The van der Waals surface area contributed by atoms with E-state index in [4.69, 9.17) is 0 Å². The standard InChI is InChI=1S/C57H49N/c1-54(2,3)49-25-16-26-50-53(49)43-20-11-13-22-45(43)57(50)47-24-15-14-23-46(47)56(6,7)52-35-40(30-32-48(52)57)58(38-28-27-36-17-8-9-18-37(36)33-38)39-29-31-42-41-19-10-12-21-44(41)55(4,5)51(42)34-39/h8-35H,1-7H3. The van der Waals surface area contributed by atoms with Crippen LogP contribution in [0.2, 0.25) is 0 Å². The normalized spacial score (nSPS) is 17.6. The average Bonchev–Trinajstić information content (AvgIpc) is 3.65. The summed E-state index contributed by atoms with van der Waals surface area (Å²) in [7, 11) is 0. The Balaban J connectivity index is 1.19. The average molecular weight is 748 g/mol. The van der Waals surface area contributed by atoms with Crippen molar-refractivity contribution in [1.82, 2.24) is 0 Å². The Morgan fingerprint density at radius 3 is 1.64 bits per heavy atom. The number of hydrogen-bond donors (Lipinski definition) is 0. The second-order valence-electron chi connectivity index (χ2n) is 18.9. The molecule has 0 aliphatic heterocycles. The summed E-state index contributed by atoms with van der Waals surface area (Å²) in [6.07, 6.45) is 0. The quantitative estimate of drug-likeness (QED) is 0.174. The molecule has 0 saturated carbocycles. The fourth-order valence-electron chi connectivity index (χ4n) is 11.3. The number of nitrogens with zero attached hydrogens (tertiary/aromatic N) is 1. The molecule has 1 heteroatoms. The maximum atomic E-state index is 2.53. The van der Waals surface area contributed by atoms with E-state index < -0.39 is 5.41 Å². The zero-order chi connectivity index (χ0) is 39.8. The van der Waals surface area contributed by atoms with Crippen molar-refractivity contribution in [3.63, 3.8) is 0 Å². The Morgan fingerprint density at radius 2 is 0.879 bits per heavy atom. The van der Waals surface area contributed by atoms with E-state index in [0.29, 0.717) is 0 Å². The molecule has 1 unspecified atom stereocenters. The first-order chi connectivity index (χ1) is 27.9. The first kappa shape index (κ1) is 35.0. The largest absolute Gasteiger partial charge is 0.310 e. The van der Waals surface area contributed by atoms with Gasteiger partial charge in [-0.25, -0.2) is 0 Å². The smallest absolute Gasteiger partial charge is 0.0719 e. The summed E-state index contributed by atoms with van der Waals surface area (Å²) >= 11 is 0. The third kappa shape index (κ3) is 4.59. The molecule has 1 spiro atoms. The third-order valence-corrected chi connectivity index (χ3v) is 14.0. The van der Waals surface area contributed by atoms with Crippen LogP contribution >= 0.6 is 0 Å². The Bertz CT molecular complexity index is 3010. The predicted octanol–water partition coefficient (Wildman–Crippen LogP) is 14.9. The van der Waals surface area contributed by atoms with Crippen molar-refractivity contribution in [2.75, 3.05) is 4.90 Å². The molecule has 282 valence electrons. The van der Waals surface area contributed by atoms with Gasteiger partial charge in [0, 0.05) is 27.9 Å². The molecule has 0 radical (unpaired) electrons. The second-order valence-corrected chi connectivity index (χ2v) is 18.9. The molecular formula is C57H49N. The van der Waals surface area contributed by atoms with Crippen LogP contribution in [0.3, 0.4) is 0 Å². The molecule has 0 fully saturated rings. The first-order valence-corrected chi connectivity index (χ1v) is 20.9. The molecule has 3 aliphatic carbocycles. The summed E-state index contributed by atoms with van der Waals surface area (Å²) in [5.74, 6) is 0. The van der Waals surface area contributed by atoms with Gasteiger partial charge in [-0.2, -0.15) is 0 Å². The lowest BCUT2D eigenvalue weighted by atomic mass is 9.55. The summed E-state index contributed by atoms with van der Waals surface area (Å²) in [6.45, 7) is 16.7. The fraction of sp³-hybridized carbons (Fsp3) is 0.193. The molecule has 0 saturated heterocycles. The zero-order valence-electron chi connectivity index (χ0n) is 34.6. The Labute approximate surface area is 343 Å². The SMILES string of the molecule is CC(C)(C)c1cccc2c1-c1ccccc1C21c2ccccc2C(C)(C)c2cc(N(c3ccc4c(c3)C(C)(C)c3ccccc3-4)c3ccc4ccccc4c3)ccc21. The van der Waals surface area contributed by atoms with Gasteiger partial charge in [-0.05, 0) is 125 Å². The molecule has 8 aromatic carbocycles. The van der Waals surface area contributed by atoms with Crippen molar-refractivity contribution in [2.24, 2.45) is 0 Å². The highest BCUT2D eigenvalue weighted by Gasteiger charge is 2.54. The van der Waals surface area contributed by atoms with E-state index in [1.165, 1.54) is 94.5 Å². The lowest BCUT2D eigenvalue weighted by Gasteiger charge is -2.47. The topological polar surface area (TPSA) is 3.24 Å². The summed E-state index contributed by atoms with van der Waals surface area (Å²) in [5.41, 5.74) is 20.5. The summed E-state index contributed by atoms with van der Waals surface area (Å²) in [6, 6.07) is 64.8. The molecule has 1 nitrogen and oxygen atoms in total. The van der Waals surface area contributed by atoms with E-state index >= 15 is 0 Å². The van der Waals surface area contributed by atoms with E-state index in [1.54, 1.807) is 0 Å². The van der Waals surface area contributed by atoms with Gasteiger partial charge in [-0.3, -0.25) is 0 Å². The second kappa shape index (κ2) is 11.9. The fourth-order valence-corrected chi connectivity index (χ4v) is 11.3. The van der Waals surface area contributed by atoms with Crippen LogP contribution in [0.4, 0.5) is 17.1 Å². The van der Waals surface area contributed by atoms with Gasteiger partial charge < -0.3 is 4.90 Å². The van der Waals surface area contributed by atoms with Crippen LogP contribution in [-0.4, -0.2) is 0 Å². The molecule has 0 aromatic heterocycles. The molecule has 8 aromatic rings. The molecule has 0 amide bonds. The van der Waals surface area contributed by atoms with Gasteiger partial charge in [0.2, 0.25) is 0 Å². The van der Waals surface area contributed by atoms with Crippen LogP contribution in [0.5, 0.6) is 0 Å². The molecule has 0 N–H and O–H groups in total. The van der Waals surface area contributed by atoms with E-state index in [-0.39, 0.29) is 16.2 Å². The summed E-state index contributed by atoms with van der Waals surface area (Å²) in [5, 5.41) is 2.48. The van der Waals surface area contributed by atoms with Crippen molar-refractivity contribution in [2.45, 2.75) is 70.1 Å². The van der Waals surface area contributed by atoms with Gasteiger partial charge in [-0.15, -0.1) is 0 Å². The Morgan fingerprint density at radius 1 is 0.362 bits per heavy atom. The van der Waals surface area contributed by atoms with Crippen molar-refractivity contribution >= 4 is 27.8 Å². The van der Waals surface area contributed by atoms with Gasteiger partial charge in [0.05, 0.1) is 5.41 Å². The molecule has 1 atom stereocenters. The lowest BCUT2D eigenvalue weighted by Crippen LogP contribution is -2.40. The molecule has 0 heterocycles. The highest BCUT2D eigenvalue weighted by molar-refractivity contribution is 5.93. The number of fused-ring (bicyclic) bond motifs is 13. The maximum Gasteiger partial charge on any atom is 0.0719 e. The Kier molecular flexibility index (Phi) is 7.20. The highest BCUT2D eigenvalue weighted by Crippen LogP contribution is 2.64. The molecule has 58 heavy (non-hydrogen) atoms. The van der Waals surface area contributed by atoms with Crippen LogP contribution in [0.25, 0.3) is 33.0 Å². The number of benzene rings is 8. The van der Waals surface area contributed by atoms with Crippen molar-refractivity contribution in [3.05, 3.63) is 220 Å². The lowest BCUT2D eigenvalue weighted by molar-refractivity contribution is 0.561. The maximum absolute atomic E-state index is 2.53. The third-order valence-electron chi connectivity index (χ3n) is 14.0. The van der Waals surface area contributed by atoms with Gasteiger partial charge in [0.1, 0.15) is 0 Å². The molecular weight excluding hydrogens is 699 g/mol. The van der Waals surface area contributed by atoms with Crippen LogP contribution in [0.1, 0.15) is 98.5 Å². The van der Waals surface area contributed by atoms with Crippen LogP contribution in [0.15, 0.2) is 170 Å². The Hall–Kier alpha value is -6.18. The van der Waals surface area contributed by atoms with E-state index in [2.05, 4.69) is 223 Å². The van der Waals surface area contributed by atoms with Gasteiger partial charge in [0.15, 0.2) is 0 Å². The van der Waals surface area contributed by atoms with Crippen LogP contribution < -0.4 is 4.90 Å². The van der Waals surface area contributed by atoms with E-state index in [0.717, 1.165) is 5.69 Å². The first-order valence-electron chi connectivity index (χ1n) is 20.9. The molecule has 0 bridgehead atoms. The van der Waals surface area contributed by atoms with Gasteiger partial charge in [0.25, 0.3) is 0 Å². The van der Waals surface area contributed by atoms with E-state index in [9.17, 15) is 0 Å². The minimum absolute atomic E-state index is 0.0176. The number of rotatable bonds is 3. The number of hydrogen-bond acceptors (Lipinski definition) is 1. The highest BCUT2D eigenvalue weighted by atomic mass is 15.1. The van der Waals surface area contributed by atoms with Crippen molar-refractivity contribution < 1.29 is 0 Å². The summed E-state index contributed by atoms with van der Waals surface area (Å²) < 4.78 is 0. The minimum atomic E-state index is -0.454. The van der Waals surface area contributed by atoms with Crippen molar-refractivity contribution in [1.29, 1.82) is 0 Å². The van der Waals surface area contributed by atoms with Crippen molar-refractivity contribution in [3.8, 4) is 22.3 Å². The van der Waals surface area contributed by atoms with Crippen LogP contribution in [0, 0.1) is 0 Å². The van der Waals surface area contributed by atoms with E-state index in [1.807, 2.05) is 0 Å². The van der Waals surface area contributed by atoms with Gasteiger partial charge in [-0.1, -0.05) is 182 Å². The molecule has 11 rings (SSSR count). The zero-order valence-corrected chi connectivity index (χ0v) is 34.6. The minimum Gasteiger partial charge on any atom is -0.310 e.